The van der Waals surface area contributed by atoms with Crippen LogP contribution in [0, 0.1) is 5.41 Å². The van der Waals surface area contributed by atoms with E-state index in [1.54, 1.807) is 6.92 Å². The fraction of sp³-hybridized carbons (Fsp3) is 0.667. The van der Waals surface area contributed by atoms with Gasteiger partial charge in [-0.05, 0) is 13.8 Å². The first kappa shape index (κ1) is 9.26. The second-order valence-electron chi connectivity index (χ2n) is 3.75. The van der Waals surface area contributed by atoms with Crippen molar-refractivity contribution in [1.82, 2.24) is 4.90 Å². The van der Waals surface area contributed by atoms with Gasteiger partial charge in [-0.2, -0.15) is 0 Å². The number of carbonyl (C=O) groups is 1. The van der Waals surface area contributed by atoms with E-state index in [9.17, 15) is 4.79 Å². The van der Waals surface area contributed by atoms with Crippen molar-refractivity contribution in [3.8, 4) is 0 Å². The van der Waals surface area contributed by atoms with E-state index in [1.807, 2.05) is 13.0 Å². The zero-order valence-electron chi connectivity index (χ0n) is 7.58. The molecule has 0 aromatic heterocycles. The van der Waals surface area contributed by atoms with Crippen molar-refractivity contribution in [2.75, 3.05) is 13.1 Å². The molecule has 1 aliphatic rings. The van der Waals surface area contributed by atoms with Crippen LogP contribution in [0.3, 0.4) is 0 Å². The molecule has 0 bridgehead atoms. The van der Waals surface area contributed by atoms with E-state index in [2.05, 4.69) is 11.5 Å². The summed E-state index contributed by atoms with van der Waals surface area (Å²) in [6, 6.07) is 0.289. The maximum Gasteiger partial charge on any atom is 0.311 e. The van der Waals surface area contributed by atoms with E-state index in [0.717, 1.165) is 0 Å². The third kappa shape index (κ3) is 1.37. The Morgan fingerprint density at radius 3 is 2.58 bits per heavy atom. The van der Waals surface area contributed by atoms with Crippen molar-refractivity contribution in [1.29, 1.82) is 0 Å². The number of likely N-dealkylation sites (tertiary alicyclic amines) is 1. The van der Waals surface area contributed by atoms with Crippen LogP contribution >= 0.6 is 0 Å². The number of carboxylic acids is 1. The summed E-state index contributed by atoms with van der Waals surface area (Å²) in [5.41, 5.74) is -0.530. The van der Waals surface area contributed by atoms with Crippen LogP contribution in [-0.2, 0) is 4.79 Å². The molecule has 1 unspecified atom stereocenters. The Morgan fingerprint density at radius 1 is 1.75 bits per heavy atom. The molecule has 0 amide bonds. The lowest BCUT2D eigenvalue weighted by Gasteiger charge is -2.47. The van der Waals surface area contributed by atoms with Crippen LogP contribution in [0.2, 0.25) is 0 Å². The second kappa shape index (κ2) is 2.90. The van der Waals surface area contributed by atoms with Gasteiger partial charge in [-0.1, -0.05) is 6.08 Å². The zero-order chi connectivity index (χ0) is 9.35. The largest absolute Gasteiger partial charge is 0.481 e. The number of rotatable bonds is 3. The van der Waals surface area contributed by atoms with Crippen LogP contribution in [0.1, 0.15) is 13.8 Å². The minimum Gasteiger partial charge on any atom is -0.481 e. The molecule has 0 aromatic rings. The van der Waals surface area contributed by atoms with Gasteiger partial charge in [-0.25, -0.2) is 0 Å². The molecule has 68 valence electrons. The average Bonchev–Trinajstić information content (AvgIpc) is 1.96. The maximum absolute atomic E-state index is 10.7. The van der Waals surface area contributed by atoms with E-state index in [0.29, 0.717) is 13.1 Å². The van der Waals surface area contributed by atoms with E-state index >= 15 is 0 Å². The molecule has 1 saturated heterocycles. The first-order valence-electron chi connectivity index (χ1n) is 4.09. The molecule has 1 heterocycles. The molecule has 1 aliphatic heterocycles. The van der Waals surface area contributed by atoms with Gasteiger partial charge < -0.3 is 5.11 Å². The van der Waals surface area contributed by atoms with Gasteiger partial charge in [0.2, 0.25) is 0 Å². The lowest BCUT2D eigenvalue weighted by Crippen LogP contribution is -2.60. The van der Waals surface area contributed by atoms with Crippen LogP contribution in [0.4, 0.5) is 0 Å². The molecule has 0 aliphatic carbocycles. The predicted molar refractivity (Wildman–Crippen MR) is 47.0 cm³/mol. The van der Waals surface area contributed by atoms with Crippen LogP contribution in [0.25, 0.3) is 0 Å². The lowest BCUT2D eigenvalue weighted by molar-refractivity contribution is -0.159. The first-order valence-corrected chi connectivity index (χ1v) is 4.09. The third-order valence-corrected chi connectivity index (χ3v) is 2.54. The van der Waals surface area contributed by atoms with E-state index in [4.69, 9.17) is 5.11 Å². The van der Waals surface area contributed by atoms with Gasteiger partial charge in [-0.15, -0.1) is 6.58 Å². The zero-order valence-corrected chi connectivity index (χ0v) is 7.58. The summed E-state index contributed by atoms with van der Waals surface area (Å²) in [5.74, 6) is -0.699. The fourth-order valence-electron chi connectivity index (χ4n) is 1.42. The van der Waals surface area contributed by atoms with Gasteiger partial charge >= 0.3 is 5.97 Å². The van der Waals surface area contributed by atoms with Gasteiger partial charge in [0.05, 0.1) is 5.41 Å². The van der Waals surface area contributed by atoms with Crippen molar-refractivity contribution < 1.29 is 9.90 Å². The van der Waals surface area contributed by atoms with Gasteiger partial charge in [0.1, 0.15) is 0 Å². The van der Waals surface area contributed by atoms with Crippen LogP contribution in [0.15, 0.2) is 12.7 Å². The summed E-state index contributed by atoms with van der Waals surface area (Å²) in [7, 11) is 0. The molecule has 1 fully saturated rings. The number of aliphatic carboxylic acids is 1. The van der Waals surface area contributed by atoms with Crippen molar-refractivity contribution in [3.05, 3.63) is 12.7 Å². The standard InChI is InChI=1S/C9H15NO2/c1-4-7(2)10-5-9(3,6-10)8(11)12/h4,7H,1,5-6H2,2-3H3,(H,11,12). The smallest absolute Gasteiger partial charge is 0.311 e. The molecular formula is C9H15NO2. The Kier molecular flexibility index (Phi) is 2.24. The summed E-state index contributed by atoms with van der Waals surface area (Å²) in [4.78, 5) is 12.8. The minimum atomic E-state index is -0.699. The normalized spacial score (nSPS) is 24.2. The topological polar surface area (TPSA) is 40.5 Å². The van der Waals surface area contributed by atoms with Crippen LogP contribution in [0.5, 0.6) is 0 Å². The average molecular weight is 169 g/mol. The number of hydrogen-bond acceptors (Lipinski definition) is 2. The number of nitrogens with zero attached hydrogens (tertiary/aromatic N) is 1. The predicted octanol–water partition coefficient (Wildman–Crippen LogP) is 0.967. The summed E-state index contributed by atoms with van der Waals surface area (Å²) in [5, 5.41) is 8.81. The van der Waals surface area contributed by atoms with Gasteiger partial charge in [-0.3, -0.25) is 9.69 Å². The second-order valence-corrected chi connectivity index (χ2v) is 3.75. The summed E-state index contributed by atoms with van der Waals surface area (Å²) in [6.45, 7) is 8.74. The molecule has 1 N–H and O–H groups in total. The first-order chi connectivity index (χ1) is 5.49. The Labute approximate surface area is 72.7 Å². The monoisotopic (exact) mass is 169 g/mol. The Hall–Kier alpha value is -0.830. The third-order valence-electron chi connectivity index (χ3n) is 2.54. The van der Waals surface area contributed by atoms with Gasteiger partial charge in [0.25, 0.3) is 0 Å². The van der Waals surface area contributed by atoms with Crippen molar-refractivity contribution in [2.45, 2.75) is 19.9 Å². The minimum absolute atomic E-state index is 0.289. The molecule has 3 nitrogen and oxygen atoms in total. The van der Waals surface area contributed by atoms with Crippen molar-refractivity contribution in [3.63, 3.8) is 0 Å². The van der Waals surface area contributed by atoms with Crippen LogP contribution in [-0.4, -0.2) is 35.1 Å². The SMILES string of the molecule is C=CC(C)N1CC(C)(C(=O)O)C1. The highest BCUT2D eigenvalue weighted by molar-refractivity contribution is 5.76. The summed E-state index contributed by atoms with van der Waals surface area (Å²) in [6.07, 6.45) is 1.83. The highest BCUT2D eigenvalue weighted by atomic mass is 16.4. The molecule has 0 spiro atoms. The molecule has 12 heavy (non-hydrogen) atoms. The molecule has 1 rings (SSSR count). The maximum atomic E-state index is 10.7. The fourth-order valence-corrected chi connectivity index (χ4v) is 1.42. The van der Waals surface area contributed by atoms with Crippen molar-refractivity contribution >= 4 is 5.97 Å². The molecule has 0 saturated carbocycles. The Morgan fingerprint density at radius 2 is 2.25 bits per heavy atom. The van der Waals surface area contributed by atoms with Crippen molar-refractivity contribution in [2.24, 2.45) is 5.41 Å². The highest BCUT2D eigenvalue weighted by Crippen LogP contribution is 2.31. The van der Waals surface area contributed by atoms with E-state index < -0.39 is 11.4 Å². The van der Waals surface area contributed by atoms with E-state index in [1.165, 1.54) is 0 Å². The summed E-state index contributed by atoms with van der Waals surface area (Å²) >= 11 is 0. The molecule has 1 atom stereocenters. The molecular weight excluding hydrogens is 154 g/mol. The molecule has 0 radical (unpaired) electrons. The lowest BCUT2D eigenvalue weighted by atomic mass is 9.81. The quantitative estimate of drug-likeness (QED) is 0.640. The summed E-state index contributed by atoms with van der Waals surface area (Å²) < 4.78 is 0. The number of carboxylic acid groups (broad SMARTS) is 1. The van der Waals surface area contributed by atoms with Gasteiger partial charge in [0, 0.05) is 19.1 Å². The molecule has 0 aromatic carbocycles. The van der Waals surface area contributed by atoms with Crippen LogP contribution < -0.4 is 0 Å². The van der Waals surface area contributed by atoms with Gasteiger partial charge in [0.15, 0.2) is 0 Å². The Bertz CT molecular complexity index is 207. The highest BCUT2D eigenvalue weighted by Gasteiger charge is 2.46. The number of hydrogen-bond donors (Lipinski definition) is 1. The van der Waals surface area contributed by atoms with E-state index in [-0.39, 0.29) is 6.04 Å². The molecule has 3 heteroatoms. The Balaban J connectivity index is 2.46.